The third-order valence-corrected chi connectivity index (χ3v) is 3.92. The number of hydrogen-bond acceptors (Lipinski definition) is 4. The summed E-state index contributed by atoms with van der Waals surface area (Å²) in [6.07, 6.45) is 1.02. The topological polar surface area (TPSA) is 83.8 Å². The largest absolute Gasteiger partial charge is 0.382 e. The first-order valence-corrected chi connectivity index (χ1v) is 6.59. The molecule has 0 spiro atoms. The Morgan fingerprint density at radius 2 is 2.22 bits per heavy atom. The van der Waals surface area contributed by atoms with Crippen molar-refractivity contribution in [1.82, 2.24) is 15.5 Å². The third-order valence-electron chi connectivity index (χ3n) is 2.69. The van der Waals surface area contributed by atoms with E-state index in [2.05, 4.69) is 28.5 Å². The minimum atomic E-state index is -0.190. The van der Waals surface area contributed by atoms with Gasteiger partial charge in [0.25, 0.3) is 5.91 Å². The lowest BCUT2D eigenvalue weighted by Crippen LogP contribution is -2.23. The molecule has 0 atom stereocenters. The smallest absolute Gasteiger partial charge is 0.257 e. The summed E-state index contributed by atoms with van der Waals surface area (Å²) in [6.45, 7) is 4.41. The fourth-order valence-electron chi connectivity index (χ4n) is 1.70. The van der Waals surface area contributed by atoms with E-state index < -0.39 is 0 Å². The average molecular weight is 264 g/mol. The van der Waals surface area contributed by atoms with Crippen LogP contribution < -0.4 is 11.1 Å². The molecule has 5 nitrogen and oxygen atoms in total. The van der Waals surface area contributed by atoms with Gasteiger partial charge in [0.2, 0.25) is 0 Å². The molecule has 6 heteroatoms. The molecule has 18 heavy (non-hydrogen) atoms. The molecule has 4 N–H and O–H groups in total. The number of nitrogens with two attached hydrogens (primary N) is 1. The van der Waals surface area contributed by atoms with E-state index in [1.807, 2.05) is 6.07 Å². The van der Waals surface area contributed by atoms with E-state index in [4.69, 9.17) is 5.73 Å². The zero-order chi connectivity index (χ0) is 13.1. The molecule has 0 aromatic carbocycles. The summed E-state index contributed by atoms with van der Waals surface area (Å²) in [4.78, 5) is 14.4. The summed E-state index contributed by atoms with van der Waals surface area (Å²) in [5.41, 5.74) is 6.75. The van der Waals surface area contributed by atoms with Crippen molar-refractivity contribution in [3.05, 3.63) is 33.1 Å². The van der Waals surface area contributed by atoms with Crippen molar-refractivity contribution in [3.63, 3.8) is 0 Å². The zero-order valence-corrected chi connectivity index (χ0v) is 11.2. The molecule has 0 radical (unpaired) electrons. The van der Waals surface area contributed by atoms with Crippen molar-refractivity contribution in [2.45, 2.75) is 26.8 Å². The number of aryl methyl sites for hydroxylation is 2. The number of hydrogen-bond donors (Lipinski definition) is 3. The van der Waals surface area contributed by atoms with Crippen LogP contribution in [0.5, 0.6) is 0 Å². The van der Waals surface area contributed by atoms with Crippen molar-refractivity contribution in [2.24, 2.45) is 0 Å². The summed E-state index contributed by atoms with van der Waals surface area (Å²) in [7, 11) is 0. The number of nitrogens with one attached hydrogen (secondary N) is 2. The number of anilines is 1. The van der Waals surface area contributed by atoms with E-state index >= 15 is 0 Å². The van der Waals surface area contributed by atoms with Crippen LogP contribution in [0.2, 0.25) is 0 Å². The van der Waals surface area contributed by atoms with Crippen LogP contribution in [0.25, 0.3) is 0 Å². The molecular formula is C12H16N4OS. The van der Waals surface area contributed by atoms with Crippen molar-refractivity contribution in [1.29, 1.82) is 0 Å². The van der Waals surface area contributed by atoms with E-state index in [0.717, 1.165) is 11.3 Å². The second-order valence-corrected chi connectivity index (χ2v) is 5.27. The molecule has 0 fully saturated rings. The number of rotatable bonds is 4. The first-order valence-electron chi connectivity index (χ1n) is 5.78. The van der Waals surface area contributed by atoms with Gasteiger partial charge in [-0.15, -0.1) is 11.3 Å². The predicted molar refractivity (Wildman–Crippen MR) is 72.6 cm³/mol. The van der Waals surface area contributed by atoms with E-state index in [1.54, 1.807) is 18.3 Å². The van der Waals surface area contributed by atoms with Crippen LogP contribution in [0, 0.1) is 6.92 Å². The number of H-pyrrole nitrogens is 1. The standard InChI is InChI=1S/C12H16N4OS/c1-3-8-4-5-9(18-8)6-14-12(17)10-7(2)15-16-11(10)13/h4-5H,3,6H2,1-2H3,(H,14,17)(H3,13,15,16). The minimum absolute atomic E-state index is 0.190. The summed E-state index contributed by atoms with van der Waals surface area (Å²) in [5, 5.41) is 9.35. The van der Waals surface area contributed by atoms with Gasteiger partial charge in [-0.3, -0.25) is 9.89 Å². The van der Waals surface area contributed by atoms with Gasteiger partial charge in [-0.1, -0.05) is 6.92 Å². The highest BCUT2D eigenvalue weighted by atomic mass is 32.1. The molecule has 2 heterocycles. The molecule has 0 saturated heterocycles. The van der Waals surface area contributed by atoms with Crippen LogP contribution in [-0.2, 0) is 13.0 Å². The molecule has 0 aliphatic rings. The molecule has 0 aliphatic heterocycles. The number of amides is 1. The van der Waals surface area contributed by atoms with Crippen LogP contribution in [0.1, 0.15) is 32.7 Å². The molecule has 2 aromatic rings. The Bertz CT molecular complexity index is 539. The molecule has 0 bridgehead atoms. The lowest BCUT2D eigenvalue weighted by molar-refractivity contribution is 0.0951. The van der Waals surface area contributed by atoms with Gasteiger partial charge in [0.05, 0.1) is 6.54 Å². The maximum absolute atomic E-state index is 12.0. The second kappa shape index (κ2) is 5.22. The van der Waals surface area contributed by atoms with Crippen LogP contribution >= 0.6 is 11.3 Å². The molecule has 2 aromatic heterocycles. The fourth-order valence-corrected chi connectivity index (χ4v) is 2.60. The van der Waals surface area contributed by atoms with Crippen molar-refractivity contribution in [3.8, 4) is 0 Å². The van der Waals surface area contributed by atoms with Gasteiger partial charge in [-0.2, -0.15) is 5.10 Å². The van der Waals surface area contributed by atoms with E-state index in [1.165, 1.54) is 4.88 Å². The molecule has 0 aliphatic carbocycles. The number of nitrogens with zero attached hydrogens (tertiary/aromatic N) is 1. The Hall–Kier alpha value is -1.82. The third kappa shape index (κ3) is 2.53. The van der Waals surface area contributed by atoms with Crippen LogP contribution in [0.15, 0.2) is 12.1 Å². The SMILES string of the molecule is CCc1ccc(CNC(=O)c2c(N)n[nH]c2C)s1. The first kappa shape index (κ1) is 12.6. The lowest BCUT2D eigenvalue weighted by Gasteiger charge is -2.03. The minimum Gasteiger partial charge on any atom is -0.382 e. The molecule has 0 unspecified atom stereocenters. The summed E-state index contributed by atoms with van der Waals surface area (Å²) >= 11 is 1.71. The van der Waals surface area contributed by atoms with Gasteiger partial charge in [-0.05, 0) is 25.5 Å². The Kier molecular flexibility index (Phi) is 3.66. The van der Waals surface area contributed by atoms with Gasteiger partial charge < -0.3 is 11.1 Å². The fraction of sp³-hybridized carbons (Fsp3) is 0.333. The van der Waals surface area contributed by atoms with Crippen molar-refractivity contribution in [2.75, 3.05) is 5.73 Å². The monoisotopic (exact) mass is 264 g/mol. The number of aromatic nitrogens is 2. The van der Waals surface area contributed by atoms with E-state index in [9.17, 15) is 4.79 Å². The number of carbonyl (C=O) groups is 1. The number of aromatic amines is 1. The van der Waals surface area contributed by atoms with Gasteiger partial charge in [0.15, 0.2) is 5.82 Å². The Morgan fingerprint density at radius 1 is 1.50 bits per heavy atom. The van der Waals surface area contributed by atoms with Crippen LogP contribution in [0.4, 0.5) is 5.82 Å². The van der Waals surface area contributed by atoms with Gasteiger partial charge in [0, 0.05) is 15.4 Å². The number of nitrogen functional groups attached to an aromatic ring is 1. The van der Waals surface area contributed by atoms with Crippen LogP contribution in [-0.4, -0.2) is 16.1 Å². The highest BCUT2D eigenvalue weighted by Crippen LogP contribution is 2.17. The molecule has 1 amide bonds. The van der Waals surface area contributed by atoms with E-state index in [-0.39, 0.29) is 11.7 Å². The lowest BCUT2D eigenvalue weighted by atomic mass is 10.2. The zero-order valence-electron chi connectivity index (χ0n) is 10.4. The van der Waals surface area contributed by atoms with Crippen LogP contribution in [0.3, 0.4) is 0 Å². The predicted octanol–water partition coefficient (Wildman–Crippen LogP) is 1.85. The molecule has 2 rings (SSSR count). The molecule has 96 valence electrons. The highest BCUT2D eigenvalue weighted by molar-refractivity contribution is 7.11. The first-order chi connectivity index (χ1) is 8.61. The van der Waals surface area contributed by atoms with Gasteiger partial charge in [0.1, 0.15) is 5.56 Å². The quantitative estimate of drug-likeness (QED) is 0.788. The maximum Gasteiger partial charge on any atom is 0.257 e. The van der Waals surface area contributed by atoms with E-state index in [0.29, 0.717) is 17.8 Å². The normalized spacial score (nSPS) is 10.6. The van der Waals surface area contributed by atoms with Gasteiger partial charge >= 0.3 is 0 Å². The van der Waals surface area contributed by atoms with Crippen molar-refractivity contribution < 1.29 is 4.79 Å². The molecule has 0 saturated carbocycles. The number of carbonyl (C=O) groups excluding carboxylic acids is 1. The van der Waals surface area contributed by atoms with Crippen molar-refractivity contribution >= 4 is 23.1 Å². The Morgan fingerprint density at radius 3 is 2.78 bits per heavy atom. The second-order valence-electron chi connectivity index (χ2n) is 4.01. The Balaban J connectivity index is 2.00. The highest BCUT2D eigenvalue weighted by Gasteiger charge is 2.15. The molecular weight excluding hydrogens is 248 g/mol. The Labute approximate surface area is 109 Å². The summed E-state index contributed by atoms with van der Waals surface area (Å²) in [6, 6.07) is 4.12. The summed E-state index contributed by atoms with van der Waals surface area (Å²) in [5.74, 6) is 0.0515. The average Bonchev–Trinajstić information content (AvgIpc) is 2.93. The summed E-state index contributed by atoms with van der Waals surface area (Å²) < 4.78 is 0. The number of thiophene rings is 1. The maximum atomic E-state index is 12.0. The van der Waals surface area contributed by atoms with Gasteiger partial charge in [-0.25, -0.2) is 0 Å².